The molecule has 5 rings (SSSR count). The molecule has 10 nitrogen and oxygen atoms in total. The van der Waals surface area contributed by atoms with E-state index >= 15 is 0 Å². The number of ether oxygens (including phenoxy) is 1. The van der Waals surface area contributed by atoms with E-state index in [-0.39, 0.29) is 11.8 Å². The molecule has 2 aliphatic heterocycles. The standard InChI is InChI=1S/C24H32N6O3.C6H13N/c1-24(2)14-30(16-8-6-7-9-16)20-18(29(4)22(24)32)13-26-23(28-20)27-17-11-10-15(21(31)25-3)12-19(17)33-5;1-7-5-3-2-4-6-7/h10-13,16H,6-9,14H2,1-5H3,(H,25,31)(H,26,27,28);2-6H2,1H3. The molecule has 40 heavy (non-hydrogen) atoms. The first kappa shape index (κ1) is 29.6. The molecule has 0 spiro atoms. The number of fused-ring (bicyclic) bond motifs is 1. The van der Waals surface area contributed by atoms with Gasteiger partial charge in [-0.05, 0) is 77.9 Å². The van der Waals surface area contributed by atoms with Gasteiger partial charge in [0.1, 0.15) is 11.4 Å². The number of amides is 2. The van der Waals surface area contributed by atoms with Crippen LogP contribution >= 0.6 is 0 Å². The van der Waals surface area contributed by atoms with Crippen LogP contribution in [-0.4, -0.2) is 80.6 Å². The predicted octanol–water partition coefficient (Wildman–Crippen LogP) is 4.44. The molecule has 218 valence electrons. The van der Waals surface area contributed by atoms with Gasteiger partial charge in [-0.1, -0.05) is 19.3 Å². The minimum Gasteiger partial charge on any atom is -0.495 e. The van der Waals surface area contributed by atoms with Gasteiger partial charge < -0.3 is 30.1 Å². The van der Waals surface area contributed by atoms with E-state index in [4.69, 9.17) is 9.72 Å². The van der Waals surface area contributed by atoms with Crippen molar-refractivity contribution in [2.75, 3.05) is 63.0 Å². The Morgan fingerprint density at radius 2 is 1.77 bits per heavy atom. The van der Waals surface area contributed by atoms with Gasteiger partial charge in [0, 0.05) is 32.2 Å². The van der Waals surface area contributed by atoms with Crippen molar-refractivity contribution in [1.82, 2.24) is 20.2 Å². The Labute approximate surface area is 238 Å². The summed E-state index contributed by atoms with van der Waals surface area (Å²) in [5, 5.41) is 5.84. The van der Waals surface area contributed by atoms with Gasteiger partial charge in [-0.25, -0.2) is 4.98 Å². The quantitative estimate of drug-likeness (QED) is 0.562. The van der Waals surface area contributed by atoms with Crippen LogP contribution in [0.3, 0.4) is 0 Å². The van der Waals surface area contributed by atoms with E-state index in [1.165, 1.54) is 45.2 Å². The highest BCUT2D eigenvalue weighted by Crippen LogP contribution is 2.40. The molecule has 0 bridgehead atoms. The number of nitrogens with one attached hydrogen (secondary N) is 2. The van der Waals surface area contributed by atoms with Crippen LogP contribution < -0.4 is 25.2 Å². The molecule has 2 aromatic rings. The summed E-state index contributed by atoms with van der Waals surface area (Å²) in [5.74, 6) is 1.55. The number of piperidine rings is 1. The Hall–Kier alpha value is -3.40. The van der Waals surface area contributed by atoms with E-state index in [1.807, 2.05) is 13.8 Å². The van der Waals surface area contributed by atoms with Gasteiger partial charge in [0.2, 0.25) is 11.9 Å². The molecule has 1 aromatic carbocycles. The number of likely N-dealkylation sites (tertiary alicyclic amines) is 1. The second-order valence-electron chi connectivity index (χ2n) is 11.7. The number of hydrogen-bond donors (Lipinski definition) is 2. The number of benzene rings is 1. The highest BCUT2D eigenvalue weighted by atomic mass is 16.5. The summed E-state index contributed by atoms with van der Waals surface area (Å²) >= 11 is 0. The van der Waals surface area contributed by atoms with Crippen molar-refractivity contribution in [3.63, 3.8) is 0 Å². The zero-order valence-corrected chi connectivity index (χ0v) is 24.9. The maximum Gasteiger partial charge on any atom is 0.251 e. The average molecular weight is 552 g/mol. The largest absolute Gasteiger partial charge is 0.495 e. The number of methoxy groups -OCH3 is 1. The molecule has 1 aliphatic carbocycles. The Morgan fingerprint density at radius 3 is 2.38 bits per heavy atom. The smallest absolute Gasteiger partial charge is 0.251 e. The lowest BCUT2D eigenvalue weighted by atomic mass is 9.91. The van der Waals surface area contributed by atoms with E-state index in [9.17, 15) is 9.59 Å². The van der Waals surface area contributed by atoms with Gasteiger partial charge in [-0.3, -0.25) is 9.59 Å². The fourth-order valence-electron chi connectivity index (χ4n) is 5.78. The monoisotopic (exact) mass is 551 g/mol. The molecule has 2 fully saturated rings. The number of aromatic nitrogens is 2. The summed E-state index contributed by atoms with van der Waals surface area (Å²) < 4.78 is 5.48. The Kier molecular flexibility index (Phi) is 9.50. The second kappa shape index (κ2) is 12.8. The molecule has 3 aliphatic rings. The molecule has 1 saturated heterocycles. The van der Waals surface area contributed by atoms with E-state index in [0.717, 1.165) is 18.7 Å². The van der Waals surface area contributed by atoms with Crippen molar-refractivity contribution in [1.29, 1.82) is 0 Å². The van der Waals surface area contributed by atoms with Crippen molar-refractivity contribution >= 4 is 35.0 Å². The Balaban J connectivity index is 0.000000461. The average Bonchev–Trinajstić information content (AvgIpc) is 3.48. The van der Waals surface area contributed by atoms with Gasteiger partial charge in [0.15, 0.2) is 5.82 Å². The second-order valence-corrected chi connectivity index (χ2v) is 11.7. The number of anilines is 4. The molecular weight excluding hydrogens is 506 g/mol. The first-order valence-electron chi connectivity index (χ1n) is 14.4. The van der Waals surface area contributed by atoms with Crippen LogP contribution in [0.2, 0.25) is 0 Å². The summed E-state index contributed by atoms with van der Waals surface area (Å²) in [5.41, 5.74) is 1.32. The number of hydrogen-bond acceptors (Lipinski definition) is 8. The lowest BCUT2D eigenvalue weighted by molar-refractivity contribution is -0.125. The van der Waals surface area contributed by atoms with Crippen LogP contribution in [0.15, 0.2) is 24.4 Å². The molecule has 3 heterocycles. The predicted molar refractivity (Wildman–Crippen MR) is 160 cm³/mol. The van der Waals surface area contributed by atoms with Crippen molar-refractivity contribution in [3.8, 4) is 5.75 Å². The van der Waals surface area contributed by atoms with Crippen LogP contribution in [0.1, 0.15) is 69.2 Å². The van der Waals surface area contributed by atoms with Crippen LogP contribution in [0.5, 0.6) is 5.75 Å². The summed E-state index contributed by atoms with van der Waals surface area (Å²) in [4.78, 5) is 40.8. The molecule has 1 saturated carbocycles. The maximum absolute atomic E-state index is 13.1. The maximum atomic E-state index is 13.1. The Bertz CT molecular complexity index is 1190. The summed E-state index contributed by atoms with van der Waals surface area (Å²) in [6, 6.07) is 5.51. The van der Waals surface area contributed by atoms with Crippen LogP contribution in [0, 0.1) is 5.41 Å². The fraction of sp³-hybridized carbons (Fsp3) is 0.600. The first-order valence-corrected chi connectivity index (χ1v) is 14.4. The van der Waals surface area contributed by atoms with Crippen molar-refractivity contribution in [2.45, 2.75) is 64.8 Å². The Morgan fingerprint density at radius 1 is 1.07 bits per heavy atom. The molecule has 10 heteroatoms. The third kappa shape index (κ3) is 6.66. The third-order valence-corrected chi connectivity index (χ3v) is 8.12. The first-order chi connectivity index (χ1) is 19.1. The number of carbonyl (C=O) groups excluding carboxylic acids is 2. The van der Waals surface area contributed by atoms with E-state index in [1.54, 1.807) is 50.5 Å². The summed E-state index contributed by atoms with van der Waals surface area (Å²) in [6.45, 7) is 7.23. The normalized spacial score (nSPS) is 19.3. The lowest BCUT2D eigenvalue weighted by Crippen LogP contribution is -2.45. The zero-order valence-electron chi connectivity index (χ0n) is 24.9. The van der Waals surface area contributed by atoms with Crippen molar-refractivity contribution < 1.29 is 14.3 Å². The highest BCUT2D eigenvalue weighted by molar-refractivity contribution is 6.01. The number of carbonyl (C=O) groups is 2. The molecule has 0 radical (unpaired) electrons. The summed E-state index contributed by atoms with van der Waals surface area (Å²) in [6.07, 6.45) is 10.5. The zero-order chi connectivity index (χ0) is 28.9. The van der Waals surface area contributed by atoms with Gasteiger partial charge in [0.05, 0.1) is 24.4 Å². The number of rotatable bonds is 5. The molecule has 1 aromatic heterocycles. The van der Waals surface area contributed by atoms with Gasteiger partial charge in [-0.15, -0.1) is 0 Å². The van der Waals surface area contributed by atoms with Crippen molar-refractivity contribution in [2.24, 2.45) is 5.41 Å². The van der Waals surface area contributed by atoms with Gasteiger partial charge in [-0.2, -0.15) is 4.98 Å². The SMILES string of the molecule is CN1CCCCC1.CNC(=O)c1ccc(Nc2ncc3c(n2)N(C2CCCC2)CC(C)(C)C(=O)N3C)c(OC)c1. The lowest BCUT2D eigenvalue weighted by Gasteiger charge is -2.34. The van der Waals surface area contributed by atoms with Crippen molar-refractivity contribution in [3.05, 3.63) is 30.0 Å². The molecular formula is C30H45N7O3. The minimum atomic E-state index is -0.537. The summed E-state index contributed by atoms with van der Waals surface area (Å²) in [7, 11) is 7.12. The van der Waals surface area contributed by atoms with Crippen LogP contribution in [0.25, 0.3) is 0 Å². The van der Waals surface area contributed by atoms with Gasteiger partial charge in [0.25, 0.3) is 5.91 Å². The molecule has 2 amide bonds. The third-order valence-electron chi connectivity index (χ3n) is 8.12. The van der Waals surface area contributed by atoms with E-state index in [0.29, 0.717) is 41.2 Å². The highest BCUT2D eigenvalue weighted by Gasteiger charge is 2.41. The minimum absolute atomic E-state index is 0.0556. The molecule has 0 atom stereocenters. The molecule has 2 N–H and O–H groups in total. The number of nitrogens with zero attached hydrogens (tertiary/aromatic N) is 5. The topological polar surface area (TPSA) is 103 Å². The molecule has 0 unspecified atom stereocenters. The fourth-order valence-corrected chi connectivity index (χ4v) is 5.78. The van der Waals surface area contributed by atoms with Crippen LogP contribution in [0.4, 0.5) is 23.1 Å². The van der Waals surface area contributed by atoms with E-state index < -0.39 is 5.41 Å². The van der Waals surface area contributed by atoms with E-state index in [2.05, 4.69) is 32.5 Å². The van der Waals surface area contributed by atoms with Crippen LogP contribution in [-0.2, 0) is 4.79 Å². The van der Waals surface area contributed by atoms with Gasteiger partial charge >= 0.3 is 0 Å².